The Hall–Kier alpha value is -1.82. The van der Waals surface area contributed by atoms with Crippen molar-refractivity contribution in [2.75, 3.05) is 6.54 Å². The molecule has 0 aliphatic carbocycles. The number of aromatic nitrogens is 2. The monoisotopic (exact) mass is 267 g/mol. The Morgan fingerprint density at radius 2 is 2.21 bits per heavy atom. The molecule has 0 spiro atoms. The van der Waals surface area contributed by atoms with Crippen LogP contribution in [0.15, 0.2) is 6.58 Å². The van der Waals surface area contributed by atoms with Gasteiger partial charge in [-0.25, -0.2) is 0 Å². The first-order valence-electron chi connectivity index (χ1n) is 6.45. The fraction of sp³-hybridized carbons (Fsp3) is 0.538. The van der Waals surface area contributed by atoms with Gasteiger partial charge in [-0.15, -0.1) is 0 Å². The lowest BCUT2D eigenvalue weighted by molar-refractivity contribution is 0.0928. The smallest absolute Gasteiger partial charge is 0.269 e. The number of fused-ring (bicyclic) bond motifs is 1. The Balaban J connectivity index is 0.000000861. The highest BCUT2D eigenvalue weighted by Crippen LogP contribution is 2.22. The molecule has 6 heteroatoms. The van der Waals surface area contributed by atoms with Crippen molar-refractivity contribution in [3.8, 4) is 0 Å². The molecule has 1 amide bonds. The second-order valence-corrected chi connectivity index (χ2v) is 4.16. The van der Waals surface area contributed by atoms with Gasteiger partial charge in [0, 0.05) is 12.1 Å². The summed E-state index contributed by atoms with van der Waals surface area (Å²) >= 11 is 0. The van der Waals surface area contributed by atoms with Crippen molar-refractivity contribution in [1.82, 2.24) is 15.1 Å². The number of nitrogens with zero attached hydrogens (tertiary/aromatic N) is 2. The van der Waals surface area contributed by atoms with Crippen molar-refractivity contribution in [3.05, 3.63) is 23.5 Å². The maximum atomic E-state index is 11.8. The van der Waals surface area contributed by atoms with E-state index >= 15 is 0 Å². The second-order valence-electron chi connectivity index (χ2n) is 4.16. The van der Waals surface area contributed by atoms with E-state index in [1.54, 1.807) is 6.92 Å². The Kier molecular flexibility index (Phi) is 5.11. The third-order valence-corrected chi connectivity index (χ3v) is 2.64. The quantitative estimate of drug-likeness (QED) is 0.716. The number of aliphatic hydroxyl groups is 2. The summed E-state index contributed by atoms with van der Waals surface area (Å²) in [5, 5.41) is 25.7. The molecule has 1 aromatic rings. The number of carbonyl (C=O) groups excluding carboxylic acids is 1. The van der Waals surface area contributed by atoms with Gasteiger partial charge in [-0.05, 0) is 13.3 Å². The predicted octanol–water partition coefficient (Wildman–Crippen LogP) is 1.10. The Labute approximate surface area is 112 Å². The summed E-state index contributed by atoms with van der Waals surface area (Å²) < 4.78 is 1.42. The number of amides is 1. The minimum atomic E-state index is -0.617. The summed E-state index contributed by atoms with van der Waals surface area (Å²) in [4.78, 5) is 11.8. The fourth-order valence-electron chi connectivity index (χ4n) is 1.99. The topological polar surface area (TPSA) is 87.4 Å². The van der Waals surface area contributed by atoms with Gasteiger partial charge in [0.1, 0.15) is 17.1 Å². The van der Waals surface area contributed by atoms with Crippen LogP contribution in [0, 0.1) is 0 Å². The molecule has 0 saturated heterocycles. The molecule has 1 aliphatic heterocycles. The normalized spacial score (nSPS) is 14.8. The van der Waals surface area contributed by atoms with Crippen LogP contribution >= 0.6 is 0 Å². The molecule has 3 N–H and O–H groups in total. The van der Waals surface area contributed by atoms with E-state index in [1.807, 2.05) is 13.8 Å². The van der Waals surface area contributed by atoms with Gasteiger partial charge in [0.25, 0.3) is 5.91 Å². The summed E-state index contributed by atoms with van der Waals surface area (Å²) in [6.45, 7) is 9.78. The van der Waals surface area contributed by atoms with Crippen molar-refractivity contribution in [1.29, 1.82) is 0 Å². The van der Waals surface area contributed by atoms with Crippen LogP contribution in [0.2, 0.25) is 0 Å². The van der Waals surface area contributed by atoms with Crippen LogP contribution in [0.25, 0.3) is 5.76 Å². The molecule has 0 bridgehead atoms. The molecule has 0 radical (unpaired) electrons. The van der Waals surface area contributed by atoms with Gasteiger partial charge in [0.05, 0.1) is 12.6 Å². The Bertz CT molecular complexity index is 478. The Morgan fingerprint density at radius 3 is 2.74 bits per heavy atom. The standard InChI is InChI=1S/C11H15N3O3.C2H6/c1-6(15)5-14-10-8(3-4-12-11(10)17)9(13-14)7(2)16;1-2/h6,15-16H,2-5H2,1H3,(H,12,17);1-2H3. The van der Waals surface area contributed by atoms with Crippen molar-refractivity contribution in [2.45, 2.75) is 39.8 Å². The predicted molar refractivity (Wildman–Crippen MR) is 73.0 cm³/mol. The molecule has 1 unspecified atom stereocenters. The van der Waals surface area contributed by atoms with Crippen molar-refractivity contribution >= 4 is 11.7 Å². The average molecular weight is 267 g/mol. The van der Waals surface area contributed by atoms with Gasteiger partial charge in [0.15, 0.2) is 0 Å². The number of nitrogens with one attached hydrogen (secondary N) is 1. The van der Waals surface area contributed by atoms with Crippen LogP contribution in [-0.4, -0.2) is 38.5 Å². The van der Waals surface area contributed by atoms with Crippen molar-refractivity contribution < 1.29 is 15.0 Å². The molecule has 2 rings (SSSR count). The maximum Gasteiger partial charge on any atom is 0.269 e. The molecule has 0 saturated carbocycles. The summed E-state index contributed by atoms with van der Waals surface area (Å²) in [5.74, 6) is -0.382. The lowest BCUT2D eigenvalue weighted by Crippen LogP contribution is -2.34. The fourth-order valence-corrected chi connectivity index (χ4v) is 1.99. The molecular weight excluding hydrogens is 246 g/mol. The van der Waals surface area contributed by atoms with E-state index in [2.05, 4.69) is 17.0 Å². The zero-order valence-corrected chi connectivity index (χ0v) is 11.6. The maximum absolute atomic E-state index is 11.8. The molecule has 1 atom stereocenters. The van der Waals surface area contributed by atoms with Crippen molar-refractivity contribution in [3.63, 3.8) is 0 Å². The van der Waals surface area contributed by atoms with Gasteiger partial charge < -0.3 is 15.5 Å². The highest BCUT2D eigenvalue weighted by atomic mass is 16.3. The molecule has 19 heavy (non-hydrogen) atoms. The number of carbonyl (C=O) groups is 1. The third kappa shape index (κ3) is 3.14. The molecular formula is C13H21N3O3. The van der Waals surface area contributed by atoms with Crippen LogP contribution < -0.4 is 5.32 Å². The van der Waals surface area contributed by atoms with Crippen LogP contribution in [0.3, 0.4) is 0 Å². The number of hydrogen-bond acceptors (Lipinski definition) is 4. The lowest BCUT2D eigenvalue weighted by Gasteiger charge is -2.15. The zero-order chi connectivity index (χ0) is 14.6. The van der Waals surface area contributed by atoms with E-state index in [0.717, 1.165) is 0 Å². The molecule has 1 aromatic heterocycles. The Morgan fingerprint density at radius 1 is 1.58 bits per heavy atom. The minimum Gasteiger partial charge on any atom is -0.506 e. The summed E-state index contributed by atoms with van der Waals surface area (Å²) in [7, 11) is 0. The number of aliphatic hydroxyl groups excluding tert-OH is 2. The first-order chi connectivity index (χ1) is 9.00. The second kappa shape index (κ2) is 6.38. The number of rotatable bonds is 3. The highest BCUT2D eigenvalue weighted by Gasteiger charge is 2.27. The van der Waals surface area contributed by atoms with Gasteiger partial charge in [-0.1, -0.05) is 20.4 Å². The van der Waals surface area contributed by atoms with Crippen LogP contribution in [0.4, 0.5) is 0 Å². The van der Waals surface area contributed by atoms with Gasteiger partial charge in [-0.2, -0.15) is 5.10 Å². The van der Waals surface area contributed by atoms with Crippen LogP contribution in [0.1, 0.15) is 42.5 Å². The SMILES string of the molecule is C=C(O)c1nn(CC(C)O)c2c1CCNC2=O.CC. The van der Waals surface area contributed by atoms with Gasteiger partial charge >= 0.3 is 0 Å². The lowest BCUT2D eigenvalue weighted by atomic mass is 10.0. The van der Waals surface area contributed by atoms with Crippen LogP contribution in [0.5, 0.6) is 0 Å². The summed E-state index contributed by atoms with van der Waals surface area (Å²) in [6, 6.07) is 0. The molecule has 0 aromatic carbocycles. The van der Waals surface area contributed by atoms with Gasteiger partial charge in [0.2, 0.25) is 0 Å². The van der Waals surface area contributed by atoms with E-state index < -0.39 is 6.10 Å². The first-order valence-corrected chi connectivity index (χ1v) is 6.45. The minimum absolute atomic E-state index is 0.153. The summed E-state index contributed by atoms with van der Waals surface area (Å²) in [5.41, 5.74) is 1.44. The number of hydrogen-bond donors (Lipinski definition) is 3. The average Bonchev–Trinajstić information content (AvgIpc) is 2.71. The molecule has 2 heterocycles. The van der Waals surface area contributed by atoms with E-state index in [-0.39, 0.29) is 18.2 Å². The van der Waals surface area contributed by atoms with E-state index in [4.69, 9.17) is 0 Å². The van der Waals surface area contributed by atoms with Gasteiger partial charge in [-0.3, -0.25) is 9.48 Å². The van der Waals surface area contributed by atoms with E-state index in [1.165, 1.54) is 4.68 Å². The summed E-state index contributed by atoms with van der Waals surface area (Å²) in [6.07, 6.45) is -0.0102. The molecule has 6 nitrogen and oxygen atoms in total. The van der Waals surface area contributed by atoms with E-state index in [9.17, 15) is 15.0 Å². The van der Waals surface area contributed by atoms with Crippen molar-refractivity contribution in [2.24, 2.45) is 0 Å². The van der Waals surface area contributed by atoms with E-state index in [0.29, 0.717) is 29.9 Å². The highest BCUT2D eigenvalue weighted by molar-refractivity contribution is 5.96. The zero-order valence-electron chi connectivity index (χ0n) is 11.6. The molecule has 1 aliphatic rings. The largest absolute Gasteiger partial charge is 0.506 e. The van der Waals surface area contributed by atoms with Crippen LogP contribution in [-0.2, 0) is 13.0 Å². The first kappa shape index (κ1) is 15.2. The molecule has 106 valence electrons. The molecule has 0 fully saturated rings. The third-order valence-electron chi connectivity index (χ3n) is 2.64.